The Balaban J connectivity index is 1.92. The number of nitrogen functional groups attached to an aromatic ring is 1. The molecule has 0 aliphatic rings. The van der Waals surface area contributed by atoms with Crippen molar-refractivity contribution in [1.29, 1.82) is 0 Å². The fourth-order valence-corrected chi connectivity index (χ4v) is 2.01. The van der Waals surface area contributed by atoms with E-state index in [0.717, 1.165) is 17.7 Å². The second kappa shape index (κ2) is 8.58. The van der Waals surface area contributed by atoms with Crippen LogP contribution in [0.1, 0.15) is 29.3 Å². The van der Waals surface area contributed by atoms with Gasteiger partial charge in [-0.3, -0.25) is 4.79 Å². The first-order valence-corrected chi connectivity index (χ1v) is 7.56. The lowest BCUT2D eigenvalue weighted by molar-refractivity contribution is 0.0951. The molecule has 5 nitrogen and oxygen atoms in total. The molecule has 0 atom stereocenters. The van der Waals surface area contributed by atoms with Crippen LogP contribution in [0.3, 0.4) is 0 Å². The van der Waals surface area contributed by atoms with E-state index in [1.165, 1.54) is 0 Å². The van der Waals surface area contributed by atoms with Crippen LogP contribution in [0.5, 0.6) is 5.75 Å². The van der Waals surface area contributed by atoms with Crippen molar-refractivity contribution in [1.82, 2.24) is 10.3 Å². The molecule has 1 aromatic carbocycles. The van der Waals surface area contributed by atoms with E-state index in [0.29, 0.717) is 18.7 Å². The quantitative estimate of drug-likeness (QED) is 0.771. The molecule has 2 aromatic rings. The third-order valence-corrected chi connectivity index (χ3v) is 3.18. The van der Waals surface area contributed by atoms with Gasteiger partial charge in [-0.2, -0.15) is 0 Å². The Kier molecular flexibility index (Phi) is 6.17. The van der Waals surface area contributed by atoms with Gasteiger partial charge in [0.05, 0.1) is 5.56 Å². The maximum atomic E-state index is 12.1. The molecule has 0 fully saturated rings. The number of rotatable bonds is 7. The number of pyridine rings is 1. The number of carbonyl (C=O) groups is 1. The third kappa shape index (κ3) is 5.14. The number of hydrogen-bond acceptors (Lipinski definition) is 4. The second-order valence-corrected chi connectivity index (χ2v) is 4.96. The highest BCUT2D eigenvalue weighted by Crippen LogP contribution is 2.14. The lowest BCUT2D eigenvalue weighted by Gasteiger charge is -2.09. The third-order valence-electron chi connectivity index (χ3n) is 3.18. The lowest BCUT2D eigenvalue weighted by atomic mass is 10.2. The second-order valence-electron chi connectivity index (χ2n) is 4.96. The van der Waals surface area contributed by atoms with Crippen molar-refractivity contribution in [3.63, 3.8) is 0 Å². The molecule has 1 heterocycles. The van der Waals surface area contributed by atoms with Crippen LogP contribution in [0.2, 0.25) is 0 Å². The van der Waals surface area contributed by atoms with Crippen LogP contribution < -0.4 is 15.8 Å². The van der Waals surface area contributed by atoms with Crippen molar-refractivity contribution in [2.24, 2.45) is 0 Å². The normalized spacial score (nSPS) is 10.7. The molecule has 1 aromatic heterocycles. The van der Waals surface area contributed by atoms with E-state index < -0.39 is 0 Å². The number of nitrogens with zero attached hydrogens (tertiary/aromatic N) is 1. The molecule has 0 unspecified atom stereocenters. The number of aromatic nitrogens is 1. The van der Waals surface area contributed by atoms with E-state index in [4.69, 9.17) is 10.5 Å². The van der Waals surface area contributed by atoms with Gasteiger partial charge < -0.3 is 15.8 Å². The highest BCUT2D eigenvalue weighted by Gasteiger charge is 2.09. The number of anilines is 1. The number of hydrogen-bond donors (Lipinski definition) is 2. The van der Waals surface area contributed by atoms with Crippen LogP contribution in [0, 0.1) is 0 Å². The van der Waals surface area contributed by atoms with E-state index in [9.17, 15) is 4.79 Å². The monoisotopic (exact) mass is 311 g/mol. The molecule has 120 valence electrons. The van der Waals surface area contributed by atoms with Crippen molar-refractivity contribution in [3.05, 3.63) is 65.9 Å². The van der Waals surface area contributed by atoms with Gasteiger partial charge in [-0.25, -0.2) is 4.98 Å². The summed E-state index contributed by atoms with van der Waals surface area (Å²) in [5.41, 5.74) is 7.03. The van der Waals surface area contributed by atoms with E-state index in [1.54, 1.807) is 18.3 Å². The first kappa shape index (κ1) is 16.5. The van der Waals surface area contributed by atoms with Crippen molar-refractivity contribution < 1.29 is 9.53 Å². The Morgan fingerprint density at radius 3 is 2.96 bits per heavy atom. The first-order chi connectivity index (χ1) is 11.2. The molecule has 0 radical (unpaired) electrons. The fraction of sp³-hybridized carbons (Fsp3) is 0.222. The summed E-state index contributed by atoms with van der Waals surface area (Å²) in [6.45, 7) is 3.01. The zero-order valence-corrected chi connectivity index (χ0v) is 13.2. The highest BCUT2D eigenvalue weighted by atomic mass is 16.5. The molecule has 0 saturated heterocycles. The van der Waals surface area contributed by atoms with Gasteiger partial charge in [0.1, 0.15) is 18.2 Å². The first-order valence-electron chi connectivity index (χ1n) is 7.56. The molecule has 0 aliphatic heterocycles. The summed E-state index contributed by atoms with van der Waals surface area (Å²) in [4.78, 5) is 16.0. The van der Waals surface area contributed by atoms with Crippen LogP contribution in [-0.2, 0) is 6.54 Å². The standard InChI is InChI=1S/C18H21N3O2/c1-2-3-4-11-23-15-8-5-7-14(12-15)13-21-18(22)16-9-6-10-20-17(16)19/h3-10,12H,2,11,13H2,1H3,(H2,19,20)(H,21,22)/b4-3+. The van der Waals surface area contributed by atoms with Gasteiger partial charge in [-0.15, -0.1) is 0 Å². The average Bonchev–Trinajstić information content (AvgIpc) is 2.57. The van der Waals surface area contributed by atoms with Crippen LogP contribution in [-0.4, -0.2) is 17.5 Å². The van der Waals surface area contributed by atoms with Gasteiger partial charge >= 0.3 is 0 Å². The van der Waals surface area contributed by atoms with Crippen molar-refractivity contribution in [2.45, 2.75) is 19.9 Å². The van der Waals surface area contributed by atoms with E-state index >= 15 is 0 Å². The average molecular weight is 311 g/mol. The number of nitrogens with one attached hydrogen (secondary N) is 1. The molecule has 0 aliphatic carbocycles. The number of amides is 1. The molecule has 0 bridgehead atoms. The number of carbonyl (C=O) groups excluding carboxylic acids is 1. The smallest absolute Gasteiger partial charge is 0.255 e. The highest BCUT2D eigenvalue weighted by molar-refractivity contribution is 5.98. The van der Waals surface area contributed by atoms with E-state index in [-0.39, 0.29) is 11.7 Å². The van der Waals surface area contributed by atoms with Crippen LogP contribution in [0.4, 0.5) is 5.82 Å². The maximum absolute atomic E-state index is 12.1. The molecule has 0 spiro atoms. The molecule has 1 amide bonds. The summed E-state index contributed by atoms with van der Waals surface area (Å²) in [7, 11) is 0. The minimum atomic E-state index is -0.243. The molecule has 2 rings (SSSR count). The molecule has 23 heavy (non-hydrogen) atoms. The Labute approximate surface area is 136 Å². The summed E-state index contributed by atoms with van der Waals surface area (Å²) < 4.78 is 5.63. The number of benzene rings is 1. The summed E-state index contributed by atoms with van der Waals surface area (Å²) in [6.07, 6.45) is 6.59. The van der Waals surface area contributed by atoms with Gasteiger partial charge in [-0.1, -0.05) is 31.2 Å². The number of ether oxygens (including phenoxy) is 1. The Hall–Kier alpha value is -2.82. The van der Waals surface area contributed by atoms with Crippen molar-refractivity contribution in [2.75, 3.05) is 12.3 Å². The Morgan fingerprint density at radius 1 is 1.30 bits per heavy atom. The topological polar surface area (TPSA) is 77.2 Å². The summed E-state index contributed by atoms with van der Waals surface area (Å²) in [5.74, 6) is 0.760. The van der Waals surface area contributed by atoms with Crippen LogP contribution in [0.25, 0.3) is 0 Å². The van der Waals surface area contributed by atoms with E-state index in [1.807, 2.05) is 30.3 Å². The minimum Gasteiger partial charge on any atom is -0.490 e. The minimum absolute atomic E-state index is 0.227. The zero-order valence-electron chi connectivity index (χ0n) is 13.2. The predicted octanol–water partition coefficient (Wildman–Crippen LogP) is 2.94. The van der Waals surface area contributed by atoms with E-state index in [2.05, 4.69) is 23.3 Å². The Bertz CT molecular complexity index is 683. The molecule has 0 saturated carbocycles. The van der Waals surface area contributed by atoms with Gasteiger partial charge in [0.2, 0.25) is 0 Å². The molecule has 5 heteroatoms. The molecular formula is C18H21N3O2. The van der Waals surface area contributed by atoms with Gasteiger partial charge in [0.15, 0.2) is 0 Å². The Morgan fingerprint density at radius 2 is 2.17 bits per heavy atom. The molecule has 3 N–H and O–H groups in total. The van der Waals surface area contributed by atoms with Gasteiger partial charge in [0.25, 0.3) is 5.91 Å². The summed E-state index contributed by atoms with van der Waals surface area (Å²) in [5, 5.41) is 2.83. The fourth-order valence-electron chi connectivity index (χ4n) is 2.01. The predicted molar refractivity (Wildman–Crippen MR) is 91.2 cm³/mol. The SMILES string of the molecule is CC/C=C/COc1cccc(CNC(=O)c2cccnc2N)c1. The lowest BCUT2D eigenvalue weighted by Crippen LogP contribution is -2.24. The largest absolute Gasteiger partial charge is 0.490 e. The van der Waals surface area contributed by atoms with Crippen LogP contribution in [0.15, 0.2) is 54.7 Å². The maximum Gasteiger partial charge on any atom is 0.255 e. The number of allylic oxidation sites excluding steroid dienone is 1. The number of nitrogens with two attached hydrogens (primary N) is 1. The zero-order chi connectivity index (χ0) is 16.5. The summed E-state index contributed by atoms with van der Waals surface area (Å²) in [6, 6.07) is 11.0. The molecular weight excluding hydrogens is 290 g/mol. The van der Waals surface area contributed by atoms with Crippen molar-refractivity contribution in [3.8, 4) is 5.75 Å². The van der Waals surface area contributed by atoms with Gasteiger partial charge in [-0.05, 0) is 36.2 Å². The van der Waals surface area contributed by atoms with Gasteiger partial charge in [0, 0.05) is 12.7 Å². The summed E-state index contributed by atoms with van der Waals surface area (Å²) >= 11 is 0. The van der Waals surface area contributed by atoms with Crippen LogP contribution >= 0.6 is 0 Å². The van der Waals surface area contributed by atoms with Crippen molar-refractivity contribution >= 4 is 11.7 Å².